The number of alkyl halides is 3. The topological polar surface area (TPSA) is 146 Å². The molecule has 0 atom stereocenters. The van der Waals surface area contributed by atoms with Crippen LogP contribution in [0.5, 0.6) is 0 Å². The first-order valence-electron chi connectivity index (χ1n) is 14.2. The van der Waals surface area contributed by atoms with E-state index in [0.717, 1.165) is 43.8 Å². The Bertz CT molecular complexity index is 2260. The molecule has 236 valence electrons. The number of nitrogens with one attached hydrogen (secondary N) is 2. The zero-order valence-corrected chi connectivity index (χ0v) is 23.9. The summed E-state index contributed by atoms with van der Waals surface area (Å²) in [4.78, 5) is 45.7. The molecular weight excluding hydrogens is 638 g/mol. The van der Waals surface area contributed by atoms with E-state index in [9.17, 15) is 13.2 Å². The lowest BCUT2D eigenvalue weighted by Gasteiger charge is -1.96. The summed E-state index contributed by atoms with van der Waals surface area (Å²) in [5, 5.41) is 10.9. The van der Waals surface area contributed by atoms with Crippen LogP contribution in [0.2, 0.25) is 0 Å². The molecule has 0 saturated carbocycles. The largest absolute Gasteiger partial charge is 0.490 e. The zero-order valence-electron chi connectivity index (χ0n) is 23.9. The lowest BCUT2D eigenvalue weighted by atomic mass is 10.1. The van der Waals surface area contributed by atoms with Gasteiger partial charge < -0.3 is 15.1 Å². The molecule has 7 aromatic rings. The van der Waals surface area contributed by atoms with Crippen LogP contribution < -0.4 is 0 Å². The van der Waals surface area contributed by atoms with Gasteiger partial charge in [-0.2, -0.15) is 13.2 Å². The minimum Gasteiger partial charge on any atom is -0.475 e. The number of aliphatic carboxylic acids is 1. The van der Waals surface area contributed by atoms with Gasteiger partial charge in [-0.25, -0.2) is 34.7 Å². The lowest BCUT2D eigenvalue weighted by molar-refractivity contribution is -0.192. The van der Waals surface area contributed by atoms with Crippen LogP contribution >= 0.6 is 0 Å². The van der Waals surface area contributed by atoms with Crippen molar-refractivity contribution in [3.63, 3.8) is 0 Å². The molecule has 10 nitrogen and oxygen atoms in total. The van der Waals surface area contributed by atoms with E-state index in [1.165, 1.54) is 0 Å². The number of hydrogen-bond acceptors (Lipinski definition) is 7. The van der Waals surface area contributed by atoms with Crippen LogP contribution in [-0.4, -0.2) is 68.1 Å². The SMILES string of the molecule is O=C(O)C(F)(F)F.[SiH4].c1ccc2c(c1)-c1nc-2nc2[nH]c(nc3nc(nc4[nH]c(n1)c1ccccc41)-c1ccccc1-3)c1ccccc21. The summed E-state index contributed by atoms with van der Waals surface area (Å²) in [6.07, 6.45) is -5.08. The summed E-state index contributed by atoms with van der Waals surface area (Å²) in [6, 6.07) is 32.2. The highest BCUT2D eigenvalue weighted by Gasteiger charge is 2.38. The highest BCUT2D eigenvalue weighted by Crippen LogP contribution is 2.36. The van der Waals surface area contributed by atoms with Crippen LogP contribution in [0.1, 0.15) is 0 Å². The van der Waals surface area contributed by atoms with E-state index in [2.05, 4.69) is 9.97 Å². The number of fused-ring (bicyclic) bond motifs is 20. The molecule has 3 aromatic heterocycles. The van der Waals surface area contributed by atoms with Crippen molar-refractivity contribution in [2.45, 2.75) is 6.18 Å². The van der Waals surface area contributed by atoms with E-state index in [-0.39, 0.29) is 11.0 Å². The van der Waals surface area contributed by atoms with Crippen molar-refractivity contribution in [2.24, 2.45) is 0 Å². The van der Waals surface area contributed by atoms with Crippen LogP contribution in [0.25, 0.3) is 89.7 Å². The minimum atomic E-state index is -5.08. The monoisotopic (exact) mass is 660 g/mol. The van der Waals surface area contributed by atoms with Gasteiger partial charge in [-0.3, -0.25) is 0 Å². The second kappa shape index (κ2) is 11.5. The maximum atomic E-state index is 10.6. The van der Waals surface area contributed by atoms with Crippen LogP contribution in [0.4, 0.5) is 13.2 Å². The Balaban J connectivity index is 0.000000415. The van der Waals surface area contributed by atoms with Crippen LogP contribution in [-0.2, 0) is 4.79 Å². The van der Waals surface area contributed by atoms with Crippen molar-refractivity contribution in [3.05, 3.63) is 97.1 Å². The summed E-state index contributed by atoms with van der Waals surface area (Å²) in [7, 11) is 0. The van der Waals surface area contributed by atoms with Crippen molar-refractivity contribution in [2.75, 3.05) is 0 Å². The fourth-order valence-electron chi connectivity index (χ4n) is 5.59. The lowest BCUT2D eigenvalue weighted by Crippen LogP contribution is -2.21. The number of carbonyl (C=O) groups is 1. The number of aromatic amines is 2. The number of hydrogen-bond donors (Lipinski definition) is 3. The van der Waals surface area contributed by atoms with E-state index < -0.39 is 12.1 Å². The number of carboxylic acid groups (broad SMARTS) is 1. The Morgan fingerprint density at radius 3 is 0.938 bits per heavy atom. The highest BCUT2D eigenvalue weighted by molar-refractivity contribution is 6.06. The van der Waals surface area contributed by atoms with Crippen molar-refractivity contribution in [1.82, 2.24) is 39.9 Å². The fourth-order valence-corrected chi connectivity index (χ4v) is 5.59. The highest BCUT2D eigenvalue weighted by atomic mass is 28.1. The third-order valence-corrected chi connectivity index (χ3v) is 7.70. The molecule has 0 fully saturated rings. The van der Waals surface area contributed by atoms with Gasteiger partial charge in [0.15, 0.2) is 23.3 Å². The molecule has 0 unspecified atom stereocenters. The summed E-state index contributed by atoms with van der Waals surface area (Å²) >= 11 is 0. The summed E-state index contributed by atoms with van der Waals surface area (Å²) in [5.74, 6) is -0.368. The first kappa shape index (κ1) is 30.4. The molecule has 9 rings (SSSR count). The van der Waals surface area contributed by atoms with E-state index in [1.807, 2.05) is 97.1 Å². The summed E-state index contributed by atoms with van der Waals surface area (Å²) < 4.78 is 31.7. The maximum Gasteiger partial charge on any atom is 0.490 e. The van der Waals surface area contributed by atoms with Crippen LogP contribution in [0, 0.1) is 0 Å². The molecule has 8 bridgehead atoms. The molecule has 0 amide bonds. The maximum absolute atomic E-state index is 10.6. The predicted molar refractivity (Wildman–Crippen MR) is 181 cm³/mol. The van der Waals surface area contributed by atoms with Gasteiger partial charge in [0, 0.05) is 43.8 Å². The summed E-state index contributed by atoms with van der Waals surface area (Å²) in [6.45, 7) is 0. The van der Waals surface area contributed by atoms with Crippen LogP contribution in [0.3, 0.4) is 0 Å². The number of halogens is 3. The van der Waals surface area contributed by atoms with Gasteiger partial charge in [0.05, 0.1) is 0 Å². The zero-order chi connectivity index (χ0) is 32.3. The Morgan fingerprint density at radius 1 is 0.479 bits per heavy atom. The summed E-state index contributed by atoms with van der Waals surface area (Å²) in [5.41, 5.74) is 6.45. The van der Waals surface area contributed by atoms with E-state index in [4.69, 9.17) is 39.8 Å². The number of rotatable bonds is 0. The Hall–Kier alpha value is -6.28. The number of carboxylic acids is 1. The smallest absolute Gasteiger partial charge is 0.475 e. The van der Waals surface area contributed by atoms with Gasteiger partial charge >= 0.3 is 12.1 Å². The molecule has 14 heteroatoms. The second-order valence-electron chi connectivity index (χ2n) is 10.6. The Kier molecular flexibility index (Phi) is 7.28. The van der Waals surface area contributed by atoms with Gasteiger partial charge in [-0.15, -0.1) is 0 Å². The first-order chi connectivity index (χ1) is 22.7. The van der Waals surface area contributed by atoms with Crippen molar-refractivity contribution >= 4 is 61.1 Å². The van der Waals surface area contributed by atoms with Gasteiger partial charge in [0.2, 0.25) is 0 Å². The van der Waals surface area contributed by atoms with E-state index in [1.54, 1.807) is 0 Å². The molecule has 0 saturated heterocycles. The van der Waals surface area contributed by atoms with Crippen molar-refractivity contribution in [3.8, 4) is 45.6 Å². The molecule has 2 aliphatic heterocycles. The molecule has 3 N–H and O–H groups in total. The first-order valence-corrected chi connectivity index (χ1v) is 14.2. The second-order valence-corrected chi connectivity index (χ2v) is 10.6. The van der Waals surface area contributed by atoms with Gasteiger partial charge in [0.1, 0.15) is 22.6 Å². The molecule has 0 radical (unpaired) electrons. The molecule has 48 heavy (non-hydrogen) atoms. The van der Waals surface area contributed by atoms with Gasteiger partial charge in [0.25, 0.3) is 0 Å². The molecule has 0 spiro atoms. The Morgan fingerprint density at radius 2 is 0.708 bits per heavy atom. The number of H-pyrrole nitrogens is 2. The van der Waals surface area contributed by atoms with Crippen LogP contribution in [0.15, 0.2) is 97.1 Å². The standard InChI is InChI=1S/C32H18N8.C2HF3O2.H4Si/c1-2-10-18-17(9-1)25-33-26(18)38-28-21-13-5-6-14-22(21)30(35-28)40-32-24-16-8-7-15-23(24)31(36-32)39-29-20-12-4-3-11-19(20)27(34-29)37-25;3-2(4,5)1(6)7;/h1-16H,(H2,33,34,35,36,37,38,39,40);(H,6,7);1H4. The van der Waals surface area contributed by atoms with E-state index in [0.29, 0.717) is 45.9 Å². The fraction of sp³-hybridized carbons (Fsp3) is 0.0294. The van der Waals surface area contributed by atoms with Crippen molar-refractivity contribution < 1.29 is 23.1 Å². The minimum absolute atomic E-state index is 0. The van der Waals surface area contributed by atoms with Gasteiger partial charge in [-0.05, 0) is 11.0 Å². The number of benzene rings is 4. The molecule has 0 aliphatic carbocycles. The number of nitrogens with zero attached hydrogens (tertiary/aromatic N) is 6. The predicted octanol–water partition coefficient (Wildman–Crippen LogP) is 6.05. The van der Waals surface area contributed by atoms with E-state index >= 15 is 0 Å². The normalized spacial score (nSPS) is 11.6. The average molecular weight is 661 g/mol. The van der Waals surface area contributed by atoms with Gasteiger partial charge in [-0.1, -0.05) is 97.1 Å². The molecular formula is C34H23F3N8O2Si. The molecule has 2 aliphatic rings. The molecule has 4 aromatic carbocycles. The average Bonchev–Trinajstić information content (AvgIpc) is 3.80. The number of aromatic nitrogens is 8. The Labute approximate surface area is 272 Å². The quantitative estimate of drug-likeness (QED) is 0.167. The third kappa shape index (κ3) is 5.13. The molecule has 5 heterocycles. The van der Waals surface area contributed by atoms with Crippen molar-refractivity contribution in [1.29, 1.82) is 0 Å². The third-order valence-electron chi connectivity index (χ3n) is 7.70.